The number of benzene rings is 3. The zero-order valence-corrected chi connectivity index (χ0v) is 17.6. The Kier molecular flexibility index (Phi) is 6.82. The summed E-state index contributed by atoms with van der Waals surface area (Å²) in [6.07, 6.45) is 2.69. The fourth-order valence-electron chi connectivity index (χ4n) is 4.05. The first kappa shape index (κ1) is 20.9. The second-order valence-corrected chi connectivity index (χ2v) is 7.93. The van der Waals surface area contributed by atoms with Crippen LogP contribution in [-0.2, 0) is 4.79 Å². The molecule has 0 aliphatic carbocycles. The maximum Gasteiger partial charge on any atom is 0.254 e. The summed E-state index contributed by atoms with van der Waals surface area (Å²) in [4.78, 5) is 27.2. The average molecular weight is 417 g/mol. The van der Waals surface area contributed by atoms with Crippen molar-refractivity contribution in [3.05, 3.63) is 78.4 Å². The highest BCUT2D eigenvalue weighted by Gasteiger charge is 2.25. The number of rotatable bonds is 7. The minimum absolute atomic E-state index is 0.0514. The first-order valence-electron chi connectivity index (χ1n) is 10.9. The Morgan fingerprint density at radius 1 is 0.903 bits per heavy atom. The molecular weight excluding hydrogens is 388 g/mol. The van der Waals surface area contributed by atoms with Gasteiger partial charge in [0.1, 0.15) is 5.75 Å². The molecule has 1 aliphatic heterocycles. The highest BCUT2D eigenvalue weighted by atomic mass is 16.5. The minimum Gasteiger partial charge on any atom is -0.494 e. The molecule has 0 unspecified atom stereocenters. The van der Waals surface area contributed by atoms with Crippen LogP contribution in [0.1, 0.15) is 36.0 Å². The third-order valence-electron chi connectivity index (χ3n) is 5.73. The molecule has 0 radical (unpaired) electrons. The average Bonchev–Trinajstić information content (AvgIpc) is 2.82. The van der Waals surface area contributed by atoms with Gasteiger partial charge < -0.3 is 15.0 Å². The fraction of sp³-hybridized carbons (Fsp3) is 0.308. The van der Waals surface area contributed by atoms with Gasteiger partial charge in [-0.05, 0) is 48.2 Å². The summed E-state index contributed by atoms with van der Waals surface area (Å²) in [5.41, 5.74) is 0.749. The van der Waals surface area contributed by atoms with Crippen LogP contribution in [0.3, 0.4) is 0 Å². The molecule has 1 heterocycles. The van der Waals surface area contributed by atoms with Crippen molar-refractivity contribution in [3.8, 4) is 5.75 Å². The number of amides is 2. The molecule has 0 aromatic heterocycles. The number of para-hydroxylation sites is 1. The van der Waals surface area contributed by atoms with Gasteiger partial charge in [0.05, 0.1) is 6.61 Å². The lowest BCUT2D eigenvalue weighted by atomic mass is 10.0. The van der Waals surface area contributed by atoms with Crippen LogP contribution in [0.4, 0.5) is 0 Å². The van der Waals surface area contributed by atoms with Crippen LogP contribution in [0, 0.1) is 0 Å². The number of ether oxygens (including phenoxy) is 1. The van der Waals surface area contributed by atoms with E-state index in [0.717, 1.165) is 34.9 Å². The van der Waals surface area contributed by atoms with Crippen LogP contribution in [0.25, 0.3) is 10.8 Å². The summed E-state index contributed by atoms with van der Waals surface area (Å²) >= 11 is 0. The Morgan fingerprint density at radius 2 is 1.61 bits per heavy atom. The predicted molar refractivity (Wildman–Crippen MR) is 122 cm³/mol. The quantitative estimate of drug-likeness (QED) is 0.580. The first-order chi connectivity index (χ1) is 15.2. The van der Waals surface area contributed by atoms with Crippen molar-refractivity contribution in [2.45, 2.75) is 31.7 Å². The Balaban J connectivity index is 1.21. The zero-order valence-electron chi connectivity index (χ0n) is 17.6. The number of nitrogens with one attached hydrogen (secondary N) is 1. The van der Waals surface area contributed by atoms with Crippen LogP contribution in [0.5, 0.6) is 5.75 Å². The van der Waals surface area contributed by atoms with Gasteiger partial charge in [-0.3, -0.25) is 9.59 Å². The minimum atomic E-state index is 0.0514. The molecule has 0 saturated carbocycles. The summed E-state index contributed by atoms with van der Waals surface area (Å²) < 4.78 is 5.64. The lowest BCUT2D eigenvalue weighted by Gasteiger charge is -2.32. The van der Waals surface area contributed by atoms with Crippen molar-refractivity contribution in [2.75, 3.05) is 19.7 Å². The number of carbonyl (C=O) groups is 2. The highest BCUT2D eigenvalue weighted by molar-refractivity contribution is 6.07. The largest absolute Gasteiger partial charge is 0.494 e. The van der Waals surface area contributed by atoms with E-state index in [4.69, 9.17) is 4.74 Å². The molecule has 0 bridgehead atoms. The number of nitrogens with zero attached hydrogens (tertiary/aromatic N) is 1. The lowest BCUT2D eigenvalue weighted by Crippen LogP contribution is -2.46. The summed E-state index contributed by atoms with van der Waals surface area (Å²) in [7, 11) is 0. The molecule has 1 aliphatic rings. The molecular formula is C26H28N2O3. The normalized spacial score (nSPS) is 14.4. The Labute approximate surface area is 183 Å². The first-order valence-corrected chi connectivity index (χ1v) is 10.9. The van der Waals surface area contributed by atoms with Gasteiger partial charge in [-0.15, -0.1) is 0 Å². The van der Waals surface area contributed by atoms with Crippen LogP contribution in [-0.4, -0.2) is 42.5 Å². The van der Waals surface area contributed by atoms with E-state index in [1.54, 1.807) is 0 Å². The number of carbonyl (C=O) groups excluding carboxylic acids is 2. The van der Waals surface area contributed by atoms with E-state index in [0.29, 0.717) is 32.5 Å². The lowest BCUT2D eigenvalue weighted by molar-refractivity contribution is -0.122. The Bertz CT molecular complexity index is 1020. The van der Waals surface area contributed by atoms with Crippen molar-refractivity contribution in [1.29, 1.82) is 0 Å². The standard InChI is InChI=1S/C26H28N2O3/c29-25(14-7-19-31-22-10-2-1-3-11-22)27-21-15-17-28(18-16-21)26(30)24-13-6-9-20-8-4-5-12-23(20)24/h1-6,8-13,21H,7,14-19H2,(H,27,29). The summed E-state index contributed by atoms with van der Waals surface area (Å²) in [5.74, 6) is 0.946. The van der Waals surface area contributed by atoms with Crippen LogP contribution in [0.15, 0.2) is 72.8 Å². The van der Waals surface area contributed by atoms with E-state index >= 15 is 0 Å². The van der Waals surface area contributed by atoms with Gasteiger partial charge >= 0.3 is 0 Å². The van der Waals surface area contributed by atoms with Gasteiger partial charge in [0.25, 0.3) is 5.91 Å². The maximum atomic E-state index is 13.1. The van der Waals surface area contributed by atoms with Crippen molar-refractivity contribution in [2.24, 2.45) is 0 Å². The van der Waals surface area contributed by atoms with Gasteiger partial charge in [0.2, 0.25) is 5.91 Å². The van der Waals surface area contributed by atoms with E-state index in [1.165, 1.54) is 0 Å². The molecule has 0 spiro atoms. The Morgan fingerprint density at radius 3 is 2.42 bits per heavy atom. The second kappa shape index (κ2) is 10.1. The molecule has 160 valence electrons. The van der Waals surface area contributed by atoms with Gasteiger partial charge in [-0.2, -0.15) is 0 Å². The van der Waals surface area contributed by atoms with Crippen molar-refractivity contribution >= 4 is 22.6 Å². The third-order valence-corrected chi connectivity index (χ3v) is 5.73. The van der Waals surface area contributed by atoms with E-state index in [1.807, 2.05) is 77.7 Å². The molecule has 1 N–H and O–H groups in total. The maximum absolute atomic E-state index is 13.1. The van der Waals surface area contributed by atoms with Crippen LogP contribution in [0.2, 0.25) is 0 Å². The Hall–Kier alpha value is -3.34. The number of hydrogen-bond donors (Lipinski definition) is 1. The van der Waals surface area contributed by atoms with E-state index < -0.39 is 0 Å². The SMILES string of the molecule is O=C(CCCOc1ccccc1)NC1CCN(C(=O)c2cccc3ccccc23)CC1. The molecule has 31 heavy (non-hydrogen) atoms. The molecule has 1 saturated heterocycles. The van der Waals surface area contributed by atoms with Crippen LogP contribution < -0.4 is 10.1 Å². The predicted octanol–water partition coefficient (Wildman–Crippen LogP) is 4.42. The number of likely N-dealkylation sites (tertiary alicyclic amines) is 1. The second-order valence-electron chi connectivity index (χ2n) is 7.93. The van der Waals surface area contributed by atoms with Gasteiger partial charge in [-0.25, -0.2) is 0 Å². The number of hydrogen-bond acceptors (Lipinski definition) is 3. The molecule has 5 heteroatoms. The van der Waals surface area contributed by atoms with Gasteiger partial charge in [-0.1, -0.05) is 54.6 Å². The number of piperidine rings is 1. The van der Waals surface area contributed by atoms with Crippen molar-refractivity contribution in [1.82, 2.24) is 10.2 Å². The zero-order chi connectivity index (χ0) is 21.5. The van der Waals surface area contributed by atoms with Gasteiger partial charge in [0.15, 0.2) is 0 Å². The topological polar surface area (TPSA) is 58.6 Å². The van der Waals surface area contributed by atoms with Gasteiger partial charge in [0, 0.05) is 31.1 Å². The molecule has 2 amide bonds. The van der Waals surface area contributed by atoms with Crippen molar-refractivity contribution in [3.63, 3.8) is 0 Å². The molecule has 3 aromatic carbocycles. The molecule has 3 aromatic rings. The highest BCUT2D eigenvalue weighted by Crippen LogP contribution is 2.22. The fourth-order valence-corrected chi connectivity index (χ4v) is 4.05. The summed E-state index contributed by atoms with van der Waals surface area (Å²) in [6, 6.07) is 23.6. The third kappa shape index (κ3) is 5.43. The molecule has 1 fully saturated rings. The van der Waals surface area contributed by atoms with E-state index in [9.17, 15) is 9.59 Å². The van der Waals surface area contributed by atoms with Crippen LogP contribution >= 0.6 is 0 Å². The van der Waals surface area contributed by atoms with E-state index in [-0.39, 0.29) is 17.9 Å². The summed E-state index contributed by atoms with van der Waals surface area (Å²) in [6.45, 7) is 1.84. The molecule has 0 atom stereocenters. The molecule has 5 nitrogen and oxygen atoms in total. The smallest absolute Gasteiger partial charge is 0.254 e. The summed E-state index contributed by atoms with van der Waals surface area (Å²) in [5, 5.41) is 5.18. The number of fused-ring (bicyclic) bond motifs is 1. The monoisotopic (exact) mass is 416 g/mol. The molecule has 4 rings (SSSR count). The van der Waals surface area contributed by atoms with Crippen molar-refractivity contribution < 1.29 is 14.3 Å². The van der Waals surface area contributed by atoms with E-state index in [2.05, 4.69) is 5.32 Å².